The summed E-state index contributed by atoms with van der Waals surface area (Å²) in [5.41, 5.74) is 4.58. The molecule has 6 heteroatoms. The Morgan fingerprint density at radius 2 is 1.60 bits per heavy atom. The van der Waals surface area contributed by atoms with Gasteiger partial charge in [-0.15, -0.1) is 11.8 Å². The molecule has 4 nitrogen and oxygen atoms in total. The van der Waals surface area contributed by atoms with Gasteiger partial charge in [0, 0.05) is 16.4 Å². The van der Waals surface area contributed by atoms with Crippen molar-refractivity contribution in [2.45, 2.75) is 20.8 Å². The van der Waals surface area contributed by atoms with Gasteiger partial charge >= 0.3 is 0 Å². The first-order valence-corrected chi connectivity index (χ1v) is 9.39. The minimum absolute atomic E-state index is 0.122. The largest absolute Gasteiger partial charge is 0.325 e. The quantitative estimate of drug-likeness (QED) is 0.776. The molecule has 0 aliphatic carbocycles. The maximum absolute atomic E-state index is 12.0. The summed E-state index contributed by atoms with van der Waals surface area (Å²) >= 11 is 7.30. The molecule has 0 aromatic heterocycles. The number of hydrogen-bond acceptors (Lipinski definition) is 3. The summed E-state index contributed by atoms with van der Waals surface area (Å²) in [6.07, 6.45) is 0. The minimum atomic E-state index is -0.163. The third kappa shape index (κ3) is 6.11. The number of nitrogens with one attached hydrogen (secondary N) is 2. The summed E-state index contributed by atoms with van der Waals surface area (Å²) in [7, 11) is 0. The molecule has 2 N–H and O–H groups in total. The van der Waals surface area contributed by atoms with Crippen LogP contribution < -0.4 is 10.6 Å². The Labute approximate surface area is 157 Å². The molecule has 2 aromatic carbocycles. The predicted octanol–water partition coefficient (Wildman–Crippen LogP) is 4.58. The zero-order valence-corrected chi connectivity index (χ0v) is 16.1. The molecule has 0 saturated carbocycles. The minimum Gasteiger partial charge on any atom is -0.325 e. The van der Waals surface area contributed by atoms with Gasteiger partial charge in [0.25, 0.3) is 0 Å². The highest BCUT2D eigenvalue weighted by Gasteiger charge is 2.08. The summed E-state index contributed by atoms with van der Waals surface area (Å²) < 4.78 is 0. The predicted molar refractivity (Wildman–Crippen MR) is 107 cm³/mol. The molecule has 0 bridgehead atoms. The molecule has 0 heterocycles. The summed E-state index contributed by atoms with van der Waals surface area (Å²) in [5.74, 6) is 0.133. The average molecular weight is 377 g/mol. The molecule has 0 atom stereocenters. The number of hydrogen-bond donors (Lipinski definition) is 2. The fourth-order valence-corrected chi connectivity index (χ4v) is 3.04. The second kappa shape index (κ2) is 8.92. The van der Waals surface area contributed by atoms with Crippen LogP contribution in [0.4, 0.5) is 11.4 Å². The van der Waals surface area contributed by atoms with E-state index in [1.165, 1.54) is 11.8 Å². The van der Waals surface area contributed by atoms with Gasteiger partial charge < -0.3 is 10.6 Å². The molecule has 0 spiro atoms. The fraction of sp³-hybridized carbons (Fsp3) is 0.263. The Kier molecular flexibility index (Phi) is 6.91. The van der Waals surface area contributed by atoms with Crippen LogP contribution >= 0.6 is 23.4 Å². The van der Waals surface area contributed by atoms with Gasteiger partial charge in [0.2, 0.25) is 11.8 Å². The van der Waals surface area contributed by atoms with E-state index < -0.39 is 0 Å². The van der Waals surface area contributed by atoms with Crippen LogP contribution in [0.2, 0.25) is 5.02 Å². The maximum Gasteiger partial charge on any atom is 0.234 e. The van der Waals surface area contributed by atoms with Gasteiger partial charge in [-0.3, -0.25) is 9.59 Å². The number of anilines is 2. The van der Waals surface area contributed by atoms with Crippen molar-refractivity contribution in [2.75, 3.05) is 22.1 Å². The maximum atomic E-state index is 12.0. The lowest BCUT2D eigenvalue weighted by molar-refractivity contribution is -0.114. The first kappa shape index (κ1) is 19.3. The van der Waals surface area contributed by atoms with E-state index in [1.54, 1.807) is 12.1 Å². The Morgan fingerprint density at radius 1 is 0.920 bits per heavy atom. The van der Waals surface area contributed by atoms with Crippen LogP contribution in [-0.4, -0.2) is 23.3 Å². The molecule has 2 aromatic rings. The van der Waals surface area contributed by atoms with Crippen molar-refractivity contribution < 1.29 is 9.59 Å². The highest BCUT2D eigenvalue weighted by atomic mass is 35.5. The van der Waals surface area contributed by atoms with E-state index in [4.69, 9.17) is 11.6 Å². The van der Waals surface area contributed by atoms with Crippen LogP contribution in [0.3, 0.4) is 0 Å². The van der Waals surface area contributed by atoms with Gasteiger partial charge in [-0.2, -0.15) is 0 Å². The second-order valence-corrected chi connectivity index (χ2v) is 7.26. The molecule has 0 aliphatic heterocycles. The zero-order chi connectivity index (χ0) is 18.4. The number of benzene rings is 2. The van der Waals surface area contributed by atoms with Crippen LogP contribution in [0, 0.1) is 20.8 Å². The topological polar surface area (TPSA) is 58.2 Å². The van der Waals surface area contributed by atoms with Gasteiger partial charge in [0.15, 0.2) is 0 Å². The summed E-state index contributed by atoms with van der Waals surface area (Å²) in [6.45, 7) is 5.86. The van der Waals surface area contributed by atoms with Crippen molar-refractivity contribution in [1.29, 1.82) is 0 Å². The smallest absolute Gasteiger partial charge is 0.234 e. The van der Waals surface area contributed by atoms with Crippen LogP contribution in [0.5, 0.6) is 0 Å². The van der Waals surface area contributed by atoms with E-state index >= 15 is 0 Å². The highest BCUT2D eigenvalue weighted by molar-refractivity contribution is 8.00. The van der Waals surface area contributed by atoms with E-state index in [0.29, 0.717) is 10.7 Å². The van der Waals surface area contributed by atoms with Gasteiger partial charge in [0.1, 0.15) is 0 Å². The monoisotopic (exact) mass is 376 g/mol. The number of thioether (sulfide) groups is 1. The van der Waals surface area contributed by atoms with E-state index in [2.05, 4.69) is 10.6 Å². The second-order valence-electron chi connectivity index (χ2n) is 5.87. The van der Waals surface area contributed by atoms with Crippen LogP contribution in [0.15, 0.2) is 36.4 Å². The van der Waals surface area contributed by atoms with Gasteiger partial charge in [0.05, 0.1) is 11.5 Å². The number of halogens is 1. The van der Waals surface area contributed by atoms with Crippen molar-refractivity contribution in [1.82, 2.24) is 0 Å². The number of rotatable bonds is 6. The molecule has 132 valence electrons. The lowest BCUT2D eigenvalue weighted by atomic mass is 10.1. The van der Waals surface area contributed by atoms with E-state index in [0.717, 1.165) is 22.4 Å². The Bertz CT molecular complexity index is 793. The van der Waals surface area contributed by atoms with E-state index in [1.807, 2.05) is 45.0 Å². The highest BCUT2D eigenvalue weighted by Crippen LogP contribution is 2.20. The molecule has 0 saturated heterocycles. The van der Waals surface area contributed by atoms with Crippen molar-refractivity contribution in [3.8, 4) is 0 Å². The molecular weight excluding hydrogens is 356 g/mol. The standard InChI is InChI=1S/C19H21ClN2O2S/c1-12-4-7-17(14(3)8-12)22-19(24)11-25-10-18(23)21-15-6-5-13(2)16(20)9-15/h4-9H,10-11H2,1-3H3,(H,21,23)(H,22,24). The zero-order valence-electron chi connectivity index (χ0n) is 14.5. The average Bonchev–Trinajstić information content (AvgIpc) is 2.54. The lowest BCUT2D eigenvalue weighted by Gasteiger charge is -2.09. The normalized spacial score (nSPS) is 10.4. The first-order chi connectivity index (χ1) is 11.8. The molecule has 25 heavy (non-hydrogen) atoms. The van der Waals surface area contributed by atoms with Crippen molar-refractivity contribution in [3.63, 3.8) is 0 Å². The Balaban J connectivity index is 1.76. The number of aryl methyl sites for hydroxylation is 3. The summed E-state index contributed by atoms with van der Waals surface area (Å²) in [6, 6.07) is 11.2. The Morgan fingerprint density at radius 3 is 2.24 bits per heavy atom. The van der Waals surface area contributed by atoms with Gasteiger partial charge in [-0.25, -0.2) is 0 Å². The Hall–Kier alpha value is -1.98. The molecule has 2 amide bonds. The van der Waals surface area contributed by atoms with E-state index in [-0.39, 0.29) is 23.3 Å². The lowest BCUT2D eigenvalue weighted by Crippen LogP contribution is -2.18. The van der Waals surface area contributed by atoms with Crippen LogP contribution in [-0.2, 0) is 9.59 Å². The first-order valence-electron chi connectivity index (χ1n) is 7.86. The SMILES string of the molecule is Cc1ccc(NC(=O)CSCC(=O)Nc2ccc(C)c(Cl)c2)c(C)c1. The van der Waals surface area contributed by atoms with Crippen LogP contribution in [0.1, 0.15) is 16.7 Å². The number of carbonyl (C=O) groups is 2. The number of carbonyl (C=O) groups excluding carboxylic acids is 2. The molecular formula is C19H21ClN2O2S. The number of amides is 2. The molecule has 0 aliphatic rings. The van der Waals surface area contributed by atoms with Crippen LogP contribution in [0.25, 0.3) is 0 Å². The van der Waals surface area contributed by atoms with Crippen molar-refractivity contribution >= 4 is 46.6 Å². The molecule has 0 unspecified atom stereocenters. The fourth-order valence-electron chi connectivity index (χ4n) is 2.24. The van der Waals surface area contributed by atoms with E-state index in [9.17, 15) is 9.59 Å². The third-order valence-electron chi connectivity index (χ3n) is 3.58. The van der Waals surface area contributed by atoms with Gasteiger partial charge in [-0.05, 0) is 50.1 Å². The third-order valence-corrected chi connectivity index (χ3v) is 4.92. The molecule has 0 radical (unpaired) electrons. The summed E-state index contributed by atoms with van der Waals surface area (Å²) in [5, 5.41) is 6.25. The summed E-state index contributed by atoms with van der Waals surface area (Å²) in [4.78, 5) is 23.9. The molecule has 2 rings (SSSR count). The molecule has 0 fully saturated rings. The van der Waals surface area contributed by atoms with Crippen molar-refractivity contribution in [3.05, 3.63) is 58.1 Å². The van der Waals surface area contributed by atoms with Crippen molar-refractivity contribution in [2.24, 2.45) is 0 Å². The van der Waals surface area contributed by atoms with Gasteiger partial charge in [-0.1, -0.05) is 35.4 Å².